The van der Waals surface area contributed by atoms with Gasteiger partial charge in [-0.1, -0.05) is 44.4 Å². The minimum absolute atomic E-state index is 0.222. The highest BCUT2D eigenvalue weighted by atomic mass is 31.1. The van der Waals surface area contributed by atoms with E-state index in [-0.39, 0.29) is 6.10 Å². The van der Waals surface area contributed by atoms with E-state index in [1.165, 1.54) is 19.3 Å². The van der Waals surface area contributed by atoms with Gasteiger partial charge in [-0.25, -0.2) is 0 Å². The molecule has 1 unspecified atom stereocenters. The van der Waals surface area contributed by atoms with Crippen molar-refractivity contribution in [1.29, 1.82) is 0 Å². The van der Waals surface area contributed by atoms with Crippen LogP contribution in [-0.4, -0.2) is 6.10 Å². The van der Waals surface area contributed by atoms with Crippen LogP contribution in [0.3, 0.4) is 0 Å². The van der Waals surface area contributed by atoms with Crippen LogP contribution in [0.15, 0.2) is 24.3 Å². The molecular weight excluding hydrogens is 231 g/mol. The maximum Gasteiger partial charge on any atom is 0.221 e. The van der Waals surface area contributed by atoms with Crippen LogP contribution >= 0.6 is 8.03 Å². The van der Waals surface area contributed by atoms with E-state index in [4.69, 9.17) is 4.52 Å². The van der Waals surface area contributed by atoms with Crippen molar-refractivity contribution in [3.63, 3.8) is 0 Å². The maximum atomic E-state index is 12.3. The van der Waals surface area contributed by atoms with E-state index < -0.39 is 8.03 Å². The Morgan fingerprint density at radius 1 is 1.24 bits per heavy atom. The zero-order valence-electron chi connectivity index (χ0n) is 10.4. The van der Waals surface area contributed by atoms with Crippen LogP contribution in [0.25, 0.3) is 0 Å². The van der Waals surface area contributed by atoms with Crippen LogP contribution in [0.5, 0.6) is 0 Å². The van der Waals surface area contributed by atoms with Crippen LogP contribution in [0, 0.1) is 0 Å². The molecule has 0 aliphatic heterocycles. The Kier molecular flexibility index (Phi) is 4.82. The summed E-state index contributed by atoms with van der Waals surface area (Å²) in [6, 6.07) is 7.93. The molecule has 0 N–H and O–H groups in total. The molecule has 1 aromatic carbocycles. The summed E-state index contributed by atoms with van der Waals surface area (Å²) in [6.45, 7) is 2.09. The van der Waals surface area contributed by atoms with Gasteiger partial charge in [0.05, 0.1) is 6.10 Å². The van der Waals surface area contributed by atoms with Gasteiger partial charge in [-0.05, 0) is 30.9 Å². The molecule has 1 saturated carbocycles. The summed E-state index contributed by atoms with van der Waals surface area (Å²) in [6.07, 6.45) is 7.02. The largest absolute Gasteiger partial charge is 0.324 e. The average Bonchev–Trinajstić information content (AvgIpc) is 2.40. The van der Waals surface area contributed by atoms with Crippen molar-refractivity contribution in [2.75, 3.05) is 0 Å². The Morgan fingerprint density at radius 3 is 2.65 bits per heavy atom. The number of benzene rings is 1. The Hall–Kier alpha value is -0.590. The highest BCUT2D eigenvalue weighted by Crippen LogP contribution is 2.31. The summed E-state index contributed by atoms with van der Waals surface area (Å²) in [5.74, 6) is 0. The molecule has 0 spiro atoms. The van der Waals surface area contributed by atoms with Crippen molar-refractivity contribution in [1.82, 2.24) is 0 Å². The second kappa shape index (κ2) is 6.37. The second-order valence-electron chi connectivity index (χ2n) is 4.68. The first-order valence-electron chi connectivity index (χ1n) is 6.60. The van der Waals surface area contributed by atoms with Crippen molar-refractivity contribution in [3.05, 3.63) is 29.8 Å². The average molecular weight is 252 g/mol. The van der Waals surface area contributed by atoms with Gasteiger partial charge in [0.2, 0.25) is 8.03 Å². The van der Waals surface area contributed by atoms with Gasteiger partial charge < -0.3 is 4.52 Å². The van der Waals surface area contributed by atoms with Gasteiger partial charge in [0.1, 0.15) is 0 Å². The molecule has 0 heterocycles. The molecule has 0 radical (unpaired) electrons. The SMILES string of the molecule is CCc1ccccc1[PH](=O)OC1CCCCC1. The summed E-state index contributed by atoms with van der Waals surface area (Å²) >= 11 is 0. The minimum atomic E-state index is -2.06. The van der Waals surface area contributed by atoms with E-state index in [0.29, 0.717) is 0 Å². The predicted molar refractivity (Wildman–Crippen MR) is 72.4 cm³/mol. The smallest absolute Gasteiger partial charge is 0.221 e. The molecule has 0 aromatic heterocycles. The lowest BCUT2D eigenvalue weighted by atomic mass is 9.98. The number of hydrogen-bond acceptors (Lipinski definition) is 2. The molecule has 2 rings (SSSR count). The van der Waals surface area contributed by atoms with Crippen molar-refractivity contribution in [2.24, 2.45) is 0 Å². The van der Waals surface area contributed by atoms with E-state index in [1.807, 2.05) is 24.3 Å². The van der Waals surface area contributed by atoms with Crippen LogP contribution in [0.4, 0.5) is 0 Å². The minimum Gasteiger partial charge on any atom is -0.324 e. The number of aryl methyl sites for hydroxylation is 1. The first-order valence-corrected chi connectivity index (χ1v) is 7.91. The van der Waals surface area contributed by atoms with Gasteiger partial charge in [0, 0.05) is 5.30 Å². The topological polar surface area (TPSA) is 26.3 Å². The first kappa shape index (κ1) is 12.9. The molecule has 0 amide bonds. The molecule has 1 atom stereocenters. The zero-order chi connectivity index (χ0) is 12.1. The Morgan fingerprint density at radius 2 is 1.94 bits per heavy atom. The third-order valence-electron chi connectivity index (χ3n) is 3.44. The molecule has 1 aromatic rings. The fourth-order valence-corrected chi connectivity index (χ4v) is 3.85. The highest BCUT2D eigenvalue weighted by molar-refractivity contribution is 7.48. The molecule has 3 heteroatoms. The maximum absolute atomic E-state index is 12.3. The normalized spacial score (nSPS) is 19.1. The lowest BCUT2D eigenvalue weighted by Gasteiger charge is -2.22. The number of hydrogen-bond donors (Lipinski definition) is 0. The summed E-state index contributed by atoms with van der Waals surface area (Å²) in [4.78, 5) is 0. The molecule has 1 aliphatic rings. The molecule has 0 saturated heterocycles. The van der Waals surface area contributed by atoms with Crippen molar-refractivity contribution in [2.45, 2.75) is 51.6 Å². The van der Waals surface area contributed by atoms with Gasteiger partial charge >= 0.3 is 0 Å². The van der Waals surface area contributed by atoms with Gasteiger partial charge in [0.15, 0.2) is 0 Å². The van der Waals surface area contributed by atoms with Gasteiger partial charge in [-0.15, -0.1) is 0 Å². The van der Waals surface area contributed by atoms with E-state index in [0.717, 1.165) is 30.1 Å². The summed E-state index contributed by atoms with van der Waals surface area (Å²) in [7, 11) is -2.06. The van der Waals surface area contributed by atoms with Crippen molar-refractivity contribution in [3.8, 4) is 0 Å². The lowest BCUT2D eigenvalue weighted by molar-refractivity contribution is 0.168. The van der Waals surface area contributed by atoms with Crippen LogP contribution < -0.4 is 5.30 Å². The predicted octanol–water partition coefficient (Wildman–Crippen LogP) is 3.70. The summed E-state index contributed by atoms with van der Waals surface area (Å²) in [5.41, 5.74) is 1.16. The third-order valence-corrected chi connectivity index (χ3v) is 4.92. The Balaban J connectivity index is 2.03. The lowest BCUT2D eigenvalue weighted by Crippen LogP contribution is -2.16. The Labute approximate surface area is 104 Å². The van der Waals surface area contributed by atoms with Crippen LogP contribution in [0.1, 0.15) is 44.6 Å². The van der Waals surface area contributed by atoms with E-state index in [2.05, 4.69) is 6.92 Å². The van der Waals surface area contributed by atoms with E-state index in [9.17, 15) is 4.57 Å². The van der Waals surface area contributed by atoms with E-state index in [1.54, 1.807) is 0 Å². The van der Waals surface area contributed by atoms with Crippen molar-refractivity contribution < 1.29 is 9.09 Å². The number of rotatable bonds is 4. The molecule has 0 bridgehead atoms. The van der Waals surface area contributed by atoms with Gasteiger partial charge in [0.25, 0.3) is 0 Å². The zero-order valence-corrected chi connectivity index (χ0v) is 11.4. The molecule has 17 heavy (non-hydrogen) atoms. The highest BCUT2D eigenvalue weighted by Gasteiger charge is 2.18. The first-order chi connectivity index (χ1) is 8.31. The standard InChI is InChI=1S/C14H21O2P/c1-2-12-8-6-7-11-14(12)17(15)16-13-9-4-3-5-10-13/h6-8,11,13,17H,2-5,9-10H2,1H3. The Bertz CT molecular complexity index is 384. The summed E-state index contributed by atoms with van der Waals surface area (Å²) in [5, 5.41) is 0.922. The fourth-order valence-electron chi connectivity index (χ4n) is 2.43. The van der Waals surface area contributed by atoms with Crippen LogP contribution in [0.2, 0.25) is 0 Å². The van der Waals surface area contributed by atoms with Crippen molar-refractivity contribution >= 4 is 13.3 Å². The molecule has 1 aliphatic carbocycles. The van der Waals surface area contributed by atoms with Gasteiger partial charge in [-0.2, -0.15) is 0 Å². The molecular formula is C14H21O2P. The fraction of sp³-hybridized carbons (Fsp3) is 0.571. The molecule has 2 nitrogen and oxygen atoms in total. The summed E-state index contributed by atoms with van der Waals surface area (Å²) < 4.78 is 18.0. The van der Waals surface area contributed by atoms with Crippen LogP contribution in [-0.2, 0) is 15.5 Å². The second-order valence-corrected chi connectivity index (χ2v) is 6.03. The molecule has 94 valence electrons. The third kappa shape index (κ3) is 3.43. The quantitative estimate of drug-likeness (QED) is 0.764. The molecule has 1 fully saturated rings. The van der Waals surface area contributed by atoms with E-state index >= 15 is 0 Å². The van der Waals surface area contributed by atoms with Gasteiger partial charge in [-0.3, -0.25) is 4.57 Å². The monoisotopic (exact) mass is 252 g/mol.